The van der Waals surface area contributed by atoms with Gasteiger partial charge in [-0.1, -0.05) is 27.2 Å². The topological polar surface area (TPSA) is 44.8 Å². The zero-order valence-corrected chi connectivity index (χ0v) is 13.5. The summed E-state index contributed by atoms with van der Waals surface area (Å²) >= 11 is 0. The van der Waals surface area contributed by atoms with E-state index in [2.05, 4.69) is 20.8 Å². The van der Waals surface area contributed by atoms with Gasteiger partial charge in [0.2, 0.25) is 0 Å². The van der Waals surface area contributed by atoms with Crippen LogP contribution in [-0.4, -0.2) is 26.3 Å². The van der Waals surface area contributed by atoms with E-state index in [1.54, 1.807) is 12.1 Å². The molecule has 0 atom stereocenters. The number of methoxy groups -OCH3 is 1. The maximum atomic E-state index is 11.7. The van der Waals surface area contributed by atoms with Crippen molar-refractivity contribution in [1.29, 1.82) is 0 Å². The molecule has 4 nitrogen and oxygen atoms in total. The van der Waals surface area contributed by atoms with Gasteiger partial charge in [-0.2, -0.15) is 0 Å². The predicted molar refractivity (Wildman–Crippen MR) is 83.1 cm³/mol. The molecule has 0 heterocycles. The highest BCUT2D eigenvalue weighted by Crippen LogP contribution is 2.24. The molecular weight excluding hydrogens is 268 g/mol. The number of ether oxygens (including phenoxy) is 3. The molecule has 0 radical (unpaired) electrons. The Morgan fingerprint density at radius 2 is 1.71 bits per heavy atom. The first kappa shape index (κ1) is 17.3. The van der Waals surface area contributed by atoms with E-state index >= 15 is 0 Å². The molecule has 0 unspecified atom stereocenters. The summed E-state index contributed by atoms with van der Waals surface area (Å²) in [6.07, 6.45) is 3.01. The monoisotopic (exact) mass is 294 g/mol. The lowest BCUT2D eigenvalue weighted by molar-refractivity contribution is 0.0599. The Labute approximate surface area is 127 Å². The molecule has 21 heavy (non-hydrogen) atoms. The summed E-state index contributed by atoms with van der Waals surface area (Å²) < 4.78 is 16.1. The molecule has 1 aromatic carbocycles. The second kappa shape index (κ2) is 9.27. The molecule has 0 aliphatic rings. The molecule has 1 aromatic rings. The summed E-state index contributed by atoms with van der Waals surface area (Å²) in [5.41, 5.74) is 0.450. The molecule has 1 rings (SSSR count). The maximum absolute atomic E-state index is 11.7. The Kier molecular flexibility index (Phi) is 7.65. The number of carbonyl (C=O) groups excluding carboxylic acids is 1. The van der Waals surface area contributed by atoms with Gasteiger partial charge < -0.3 is 14.2 Å². The van der Waals surface area contributed by atoms with E-state index in [0.717, 1.165) is 19.3 Å². The molecule has 0 saturated heterocycles. The van der Waals surface area contributed by atoms with Crippen LogP contribution in [0.15, 0.2) is 18.2 Å². The molecule has 0 saturated carbocycles. The fourth-order valence-electron chi connectivity index (χ4n) is 1.72. The summed E-state index contributed by atoms with van der Waals surface area (Å²) in [6, 6.07) is 5.21. The van der Waals surface area contributed by atoms with Crippen LogP contribution in [0.1, 0.15) is 50.4 Å². The van der Waals surface area contributed by atoms with Gasteiger partial charge in [-0.25, -0.2) is 4.79 Å². The van der Waals surface area contributed by atoms with Gasteiger partial charge in [0, 0.05) is 6.07 Å². The van der Waals surface area contributed by atoms with Gasteiger partial charge in [-0.05, 0) is 30.9 Å². The fraction of sp³-hybridized carbons (Fsp3) is 0.588. The summed E-state index contributed by atoms with van der Waals surface area (Å²) in [4.78, 5) is 11.7. The molecule has 0 aliphatic heterocycles. The normalized spacial score (nSPS) is 10.5. The van der Waals surface area contributed by atoms with E-state index in [-0.39, 0.29) is 5.97 Å². The van der Waals surface area contributed by atoms with Crippen LogP contribution in [0, 0.1) is 5.92 Å². The van der Waals surface area contributed by atoms with Crippen molar-refractivity contribution in [3.8, 4) is 11.5 Å². The summed E-state index contributed by atoms with van der Waals surface area (Å²) in [6.45, 7) is 7.65. The molecule has 0 bridgehead atoms. The minimum atomic E-state index is -0.385. The number of hydrogen-bond acceptors (Lipinski definition) is 4. The molecule has 4 heteroatoms. The third-order valence-corrected chi connectivity index (χ3v) is 3.03. The van der Waals surface area contributed by atoms with Gasteiger partial charge in [0.25, 0.3) is 0 Å². The third kappa shape index (κ3) is 6.52. The molecule has 118 valence electrons. The van der Waals surface area contributed by atoms with Crippen LogP contribution in [0.3, 0.4) is 0 Å². The van der Waals surface area contributed by atoms with Crippen molar-refractivity contribution >= 4 is 5.97 Å². The predicted octanol–water partition coefficient (Wildman–Crippen LogP) is 4.08. The zero-order chi connectivity index (χ0) is 15.7. The van der Waals surface area contributed by atoms with Gasteiger partial charge >= 0.3 is 5.97 Å². The van der Waals surface area contributed by atoms with Crippen molar-refractivity contribution in [2.75, 3.05) is 20.3 Å². The number of carbonyl (C=O) groups is 1. The minimum Gasteiger partial charge on any atom is -0.493 e. The number of unbranched alkanes of at least 4 members (excludes halogenated alkanes) is 1. The Morgan fingerprint density at radius 3 is 2.24 bits per heavy atom. The van der Waals surface area contributed by atoms with Crippen LogP contribution in [0.25, 0.3) is 0 Å². The molecule has 0 aliphatic carbocycles. The van der Waals surface area contributed by atoms with Gasteiger partial charge in [0.05, 0.1) is 25.9 Å². The van der Waals surface area contributed by atoms with Crippen molar-refractivity contribution in [3.63, 3.8) is 0 Å². The summed E-state index contributed by atoms with van der Waals surface area (Å²) in [5, 5.41) is 0. The Bertz CT molecular complexity index is 440. The fourth-order valence-corrected chi connectivity index (χ4v) is 1.72. The van der Waals surface area contributed by atoms with Crippen molar-refractivity contribution in [2.45, 2.75) is 40.0 Å². The van der Waals surface area contributed by atoms with Crippen molar-refractivity contribution < 1.29 is 19.0 Å². The average Bonchev–Trinajstić information content (AvgIpc) is 2.46. The quantitative estimate of drug-likeness (QED) is 0.508. The van der Waals surface area contributed by atoms with Gasteiger partial charge in [-0.3, -0.25) is 0 Å². The van der Waals surface area contributed by atoms with Crippen LogP contribution in [0.5, 0.6) is 11.5 Å². The van der Waals surface area contributed by atoms with Gasteiger partial charge in [-0.15, -0.1) is 0 Å². The van der Waals surface area contributed by atoms with E-state index in [9.17, 15) is 4.79 Å². The summed E-state index contributed by atoms with van der Waals surface area (Å²) in [7, 11) is 1.37. The van der Waals surface area contributed by atoms with Gasteiger partial charge in [0.15, 0.2) is 0 Å². The first-order valence-electron chi connectivity index (χ1n) is 7.55. The summed E-state index contributed by atoms with van der Waals surface area (Å²) in [5.74, 6) is 1.48. The van der Waals surface area contributed by atoms with Crippen LogP contribution in [0.2, 0.25) is 0 Å². The van der Waals surface area contributed by atoms with Gasteiger partial charge in [0.1, 0.15) is 11.5 Å². The lowest BCUT2D eigenvalue weighted by Crippen LogP contribution is -2.06. The maximum Gasteiger partial charge on any atom is 0.338 e. The van der Waals surface area contributed by atoms with Crippen LogP contribution in [-0.2, 0) is 4.74 Å². The minimum absolute atomic E-state index is 0.385. The molecule has 0 aromatic heterocycles. The molecular formula is C17H26O4. The number of hydrogen-bond donors (Lipinski definition) is 0. The van der Waals surface area contributed by atoms with Crippen LogP contribution >= 0.6 is 0 Å². The molecule has 0 N–H and O–H groups in total. The second-order valence-electron chi connectivity index (χ2n) is 5.42. The zero-order valence-electron chi connectivity index (χ0n) is 13.5. The van der Waals surface area contributed by atoms with Crippen LogP contribution < -0.4 is 9.47 Å². The lowest BCUT2D eigenvalue weighted by Gasteiger charge is -2.12. The first-order valence-corrected chi connectivity index (χ1v) is 7.55. The third-order valence-electron chi connectivity index (χ3n) is 3.03. The smallest absolute Gasteiger partial charge is 0.338 e. The highest BCUT2D eigenvalue weighted by molar-refractivity contribution is 5.90. The van der Waals surface area contributed by atoms with E-state index < -0.39 is 0 Å². The largest absolute Gasteiger partial charge is 0.493 e. The molecule has 0 amide bonds. The SMILES string of the molecule is CCCCOc1cc(OCCC(C)C)cc(C(=O)OC)c1. The number of benzene rings is 1. The van der Waals surface area contributed by atoms with E-state index in [4.69, 9.17) is 14.2 Å². The second-order valence-corrected chi connectivity index (χ2v) is 5.42. The van der Waals surface area contributed by atoms with E-state index in [1.165, 1.54) is 7.11 Å². The number of rotatable bonds is 9. The first-order chi connectivity index (χ1) is 10.1. The highest BCUT2D eigenvalue weighted by atomic mass is 16.5. The van der Waals surface area contributed by atoms with Crippen LogP contribution in [0.4, 0.5) is 0 Å². The van der Waals surface area contributed by atoms with Crippen molar-refractivity contribution in [2.24, 2.45) is 5.92 Å². The number of esters is 1. The Balaban J connectivity index is 2.79. The molecule has 0 fully saturated rings. The van der Waals surface area contributed by atoms with Crippen molar-refractivity contribution in [1.82, 2.24) is 0 Å². The van der Waals surface area contributed by atoms with E-state index in [0.29, 0.717) is 36.2 Å². The average molecular weight is 294 g/mol. The van der Waals surface area contributed by atoms with Crippen molar-refractivity contribution in [3.05, 3.63) is 23.8 Å². The van der Waals surface area contributed by atoms with E-state index in [1.807, 2.05) is 6.07 Å². The highest BCUT2D eigenvalue weighted by Gasteiger charge is 2.10. The Morgan fingerprint density at radius 1 is 1.10 bits per heavy atom. The Hall–Kier alpha value is -1.71. The molecule has 0 spiro atoms. The standard InChI is InChI=1S/C17H26O4/c1-5-6-8-20-15-10-14(17(18)19-4)11-16(12-15)21-9-7-13(2)3/h10-13H,5-9H2,1-4H3. The lowest BCUT2D eigenvalue weighted by atomic mass is 10.1.